The topological polar surface area (TPSA) is 86.4 Å². The lowest BCUT2D eigenvalue weighted by molar-refractivity contribution is -0.137. The highest BCUT2D eigenvalue weighted by Gasteiger charge is 2.36. The van der Waals surface area contributed by atoms with Crippen LogP contribution in [0.2, 0.25) is 0 Å². The number of hydrogen-bond acceptors (Lipinski definition) is 4. The third-order valence-electron chi connectivity index (χ3n) is 7.28. The Bertz CT molecular complexity index is 1380. The van der Waals surface area contributed by atoms with Gasteiger partial charge in [-0.3, -0.25) is 14.4 Å². The molecule has 2 aliphatic rings. The Morgan fingerprint density at radius 2 is 1.91 bits per heavy atom. The van der Waals surface area contributed by atoms with E-state index in [2.05, 4.69) is 22.3 Å². The minimum atomic E-state index is -0.624. The average molecular weight is 475 g/mol. The van der Waals surface area contributed by atoms with Crippen LogP contribution in [-0.4, -0.2) is 51.4 Å². The fourth-order valence-corrected chi connectivity index (χ4v) is 5.10. The molecule has 2 amide bonds. The van der Waals surface area contributed by atoms with Crippen molar-refractivity contribution in [1.29, 1.82) is 0 Å². The normalized spacial score (nSPS) is 17.6. The van der Waals surface area contributed by atoms with Crippen molar-refractivity contribution in [2.45, 2.75) is 39.2 Å². The van der Waals surface area contributed by atoms with E-state index in [1.165, 1.54) is 28.2 Å². The highest BCUT2D eigenvalue weighted by atomic mass is 19.1. The third-order valence-corrected chi connectivity index (χ3v) is 7.28. The van der Waals surface area contributed by atoms with Gasteiger partial charge in [0.05, 0.1) is 17.3 Å². The van der Waals surface area contributed by atoms with Crippen LogP contribution in [0.15, 0.2) is 47.3 Å². The summed E-state index contributed by atoms with van der Waals surface area (Å²) in [6.07, 6.45) is 2.17. The number of carbonyl (C=O) groups is 2. The number of nitrogens with zero attached hydrogens (tertiary/aromatic N) is 3. The predicted octanol–water partition coefficient (Wildman–Crippen LogP) is 3.09. The molecular weight excluding hydrogens is 447 g/mol. The van der Waals surface area contributed by atoms with Crippen molar-refractivity contribution in [3.63, 3.8) is 0 Å². The van der Waals surface area contributed by atoms with Gasteiger partial charge in [0.1, 0.15) is 12.4 Å². The van der Waals surface area contributed by atoms with Crippen LogP contribution in [0.4, 0.5) is 4.39 Å². The molecule has 3 aromatic rings. The Balaban J connectivity index is 1.32. The van der Waals surface area contributed by atoms with E-state index in [4.69, 9.17) is 0 Å². The summed E-state index contributed by atoms with van der Waals surface area (Å²) in [7, 11) is 0. The summed E-state index contributed by atoms with van der Waals surface area (Å²) in [6, 6.07) is 12.6. The quantitative estimate of drug-likeness (QED) is 0.630. The van der Waals surface area contributed by atoms with Crippen molar-refractivity contribution in [3.8, 4) is 0 Å². The van der Waals surface area contributed by atoms with Gasteiger partial charge in [-0.05, 0) is 61.1 Å². The maximum atomic E-state index is 14.7. The van der Waals surface area contributed by atoms with Crippen molar-refractivity contribution in [1.82, 2.24) is 20.0 Å². The van der Waals surface area contributed by atoms with Crippen LogP contribution in [0.25, 0.3) is 0 Å². The zero-order chi connectivity index (χ0) is 24.7. The van der Waals surface area contributed by atoms with Crippen LogP contribution in [0.3, 0.4) is 0 Å². The summed E-state index contributed by atoms with van der Waals surface area (Å²) < 4.78 is 14.7. The molecule has 0 radical (unpaired) electrons. The second-order valence-electron chi connectivity index (χ2n) is 9.31. The smallest absolute Gasteiger partial charge is 0.267 e. The zero-order valence-electron chi connectivity index (χ0n) is 19.8. The summed E-state index contributed by atoms with van der Waals surface area (Å²) in [5, 5.41) is 6.59. The molecule has 1 unspecified atom stereocenters. The summed E-state index contributed by atoms with van der Waals surface area (Å²) in [6.45, 7) is 4.24. The lowest BCUT2D eigenvalue weighted by Crippen LogP contribution is -2.53. The van der Waals surface area contributed by atoms with Gasteiger partial charge in [-0.25, -0.2) is 9.49 Å². The lowest BCUT2D eigenvalue weighted by Gasteiger charge is -2.38. The van der Waals surface area contributed by atoms with Gasteiger partial charge in [0.25, 0.3) is 11.5 Å². The first-order chi connectivity index (χ1) is 16.8. The van der Waals surface area contributed by atoms with Crippen LogP contribution in [0.5, 0.6) is 0 Å². The molecule has 0 bridgehead atoms. The number of carbonyl (C=O) groups excluding carboxylic acids is 2. The van der Waals surface area contributed by atoms with E-state index in [0.29, 0.717) is 36.3 Å². The van der Waals surface area contributed by atoms with Crippen molar-refractivity contribution in [3.05, 3.63) is 97.7 Å². The number of fused-ring (bicyclic) bond motifs is 1. The fraction of sp³-hybridized carbons (Fsp3) is 0.333. The standard InChI is InChI=1S/C27H27FN4O3/c1-16-17(2)26(34)30-29-23(16)14-18-7-9-22(28)21(13-18)27(35)31-11-12-32(25(33)15-31)24-10-8-19-5-3-4-6-20(19)24/h3-7,9,13,24H,8,10-12,14-15H2,1-2H3,(H,30,34). The highest BCUT2D eigenvalue weighted by Crippen LogP contribution is 2.36. The number of amides is 2. The number of piperazine rings is 1. The first-order valence-corrected chi connectivity index (χ1v) is 11.8. The molecular formula is C27H27FN4O3. The van der Waals surface area contributed by atoms with Crippen LogP contribution in [0.1, 0.15) is 56.3 Å². The summed E-state index contributed by atoms with van der Waals surface area (Å²) in [5.74, 6) is -1.24. The predicted molar refractivity (Wildman–Crippen MR) is 129 cm³/mol. The molecule has 7 nitrogen and oxygen atoms in total. The fourth-order valence-electron chi connectivity index (χ4n) is 5.10. The Morgan fingerprint density at radius 3 is 2.71 bits per heavy atom. The molecule has 2 heterocycles. The first kappa shape index (κ1) is 23.0. The molecule has 8 heteroatoms. The summed E-state index contributed by atoms with van der Waals surface area (Å²) in [5.41, 5.74) is 4.85. The van der Waals surface area contributed by atoms with Crippen LogP contribution in [0, 0.1) is 19.7 Å². The van der Waals surface area contributed by atoms with Crippen molar-refractivity contribution in [2.24, 2.45) is 0 Å². The van der Waals surface area contributed by atoms with Crippen molar-refractivity contribution >= 4 is 11.8 Å². The van der Waals surface area contributed by atoms with Gasteiger partial charge >= 0.3 is 0 Å². The van der Waals surface area contributed by atoms with E-state index in [0.717, 1.165) is 18.4 Å². The van der Waals surface area contributed by atoms with Gasteiger partial charge in [0.2, 0.25) is 5.91 Å². The molecule has 0 saturated carbocycles. The van der Waals surface area contributed by atoms with Crippen molar-refractivity contribution < 1.29 is 14.0 Å². The first-order valence-electron chi connectivity index (χ1n) is 11.8. The Labute approximate surface area is 202 Å². The van der Waals surface area contributed by atoms with Crippen LogP contribution in [-0.2, 0) is 17.6 Å². The SMILES string of the molecule is Cc1c(Cc2ccc(F)c(C(=O)N3CCN(C4CCc5ccccc54)C(=O)C3)c2)n[nH]c(=O)c1C. The Kier molecular flexibility index (Phi) is 5.96. The minimum absolute atomic E-state index is 0.0347. The van der Waals surface area contributed by atoms with E-state index in [1.54, 1.807) is 13.0 Å². The highest BCUT2D eigenvalue weighted by molar-refractivity contribution is 5.97. The Morgan fingerprint density at radius 1 is 1.11 bits per heavy atom. The molecule has 1 aliphatic carbocycles. The second-order valence-corrected chi connectivity index (χ2v) is 9.31. The number of hydrogen-bond donors (Lipinski definition) is 1. The third kappa shape index (κ3) is 4.24. The van der Waals surface area contributed by atoms with Gasteiger partial charge in [0, 0.05) is 25.1 Å². The maximum absolute atomic E-state index is 14.7. The van der Waals surface area contributed by atoms with E-state index < -0.39 is 11.7 Å². The molecule has 35 heavy (non-hydrogen) atoms. The van der Waals surface area contributed by atoms with Crippen LogP contribution < -0.4 is 5.56 Å². The average Bonchev–Trinajstić information content (AvgIpc) is 3.29. The van der Waals surface area contributed by atoms with Gasteiger partial charge in [-0.15, -0.1) is 0 Å². The summed E-state index contributed by atoms with van der Waals surface area (Å²) in [4.78, 5) is 41.3. The minimum Gasteiger partial charge on any atom is -0.332 e. The Hall–Kier alpha value is -3.81. The number of benzene rings is 2. The molecule has 5 rings (SSSR count). The molecule has 2 aromatic carbocycles. The number of H-pyrrole nitrogens is 1. The number of aromatic amines is 1. The number of nitrogens with one attached hydrogen (secondary N) is 1. The van der Waals surface area contributed by atoms with Gasteiger partial charge in [-0.1, -0.05) is 30.3 Å². The monoisotopic (exact) mass is 474 g/mol. The van der Waals surface area contributed by atoms with E-state index in [1.807, 2.05) is 24.0 Å². The number of aromatic nitrogens is 2. The number of aryl methyl sites for hydroxylation is 1. The maximum Gasteiger partial charge on any atom is 0.267 e. The van der Waals surface area contributed by atoms with E-state index in [-0.39, 0.29) is 29.6 Å². The molecule has 1 atom stereocenters. The van der Waals surface area contributed by atoms with E-state index >= 15 is 0 Å². The number of rotatable bonds is 4. The molecule has 180 valence electrons. The second kappa shape index (κ2) is 9.09. The lowest BCUT2D eigenvalue weighted by atomic mass is 10.0. The van der Waals surface area contributed by atoms with Gasteiger partial charge in [-0.2, -0.15) is 5.10 Å². The zero-order valence-corrected chi connectivity index (χ0v) is 19.8. The molecule has 0 spiro atoms. The van der Waals surface area contributed by atoms with Crippen LogP contribution >= 0.6 is 0 Å². The summed E-state index contributed by atoms with van der Waals surface area (Å²) >= 11 is 0. The molecule has 1 aliphatic heterocycles. The van der Waals surface area contributed by atoms with Gasteiger partial charge in [0.15, 0.2) is 0 Å². The van der Waals surface area contributed by atoms with Crippen molar-refractivity contribution in [2.75, 3.05) is 19.6 Å². The largest absolute Gasteiger partial charge is 0.332 e. The van der Waals surface area contributed by atoms with Gasteiger partial charge < -0.3 is 9.80 Å². The molecule has 1 aromatic heterocycles. The molecule has 1 saturated heterocycles. The molecule has 1 N–H and O–H groups in total. The van der Waals surface area contributed by atoms with E-state index in [9.17, 15) is 18.8 Å². The number of halogens is 1. The molecule has 1 fully saturated rings.